The summed E-state index contributed by atoms with van der Waals surface area (Å²) in [5.41, 5.74) is -2.05. The molecule has 1 unspecified atom stereocenters. The topological polar surface area (TPSA) is 92.7 Å². The molecule has 84 valence electrons. The number of nitrogens with one attached hydrogen (secondary N) is 1. The van der Waals surface area contributed by atoms with Gasteiger partial charge in [-0.3, -0.25) is 14.4 Å². The molecule has 1 aliphatic rings. The van der Waals surface area contributed by atoms with E-state index < -0.39 is 23.3 Å². The lowest BCUT2D eigenvalue weighted by Gasteiger charge is -2.29. The Kier molecular flexibility index (Phi) is 3.28. The number of hydrogen-bond donors (Lipinski definition) is 2. The average molecular weight is 215 g/mol. The molecule has 0 radical (unpaired) electrons. The van der Waals surface area contributed by atoms with Crippen LogP contribution in [-0.2, 0) is 19.1 Å². The number of carboxylic acid groups (broad SMARTS) is 1. The summed E-state index contributed by atoms with van der Waals surface area (Å²) < 4.78 is 4.64. The van der Waals surface area contributed by atoms with Crippen LogP contribution in [0.2, 0.25) is 0 Å². The highest BCUT2D eigenvalue weighted by molar-refractivity contribution is 6.19. The van der Waals surface area contributed by atoms with Gasteiger partial charge in [-0.05, 0) is 19.8 Å². The molecule has 0 bridgehead atoms. The summed E-state index contributed by atoms with van der Waals surface area (Å²) in [5, 5.41) is 11.4. The van der Waals surface area contributed by atoms with Gasteiger partial charge in [-0.25, -0.2) is 0 Å². The molecule has 0 aromatic heterocycles. The minimum Gasteiger partial charge on any atom is -0.480 e. The maximum absolute atomic E-state index is 11.5. The van der Waals surface area contributed by atoms with Crippen LogP contribution in [0, 0.1) is 5.41 Å². The number of carboxylic acids is 1. The molecule has 0 aliphatic carbocycles. The average Bonchev–Trinajstić information content (AvgIpc) is 2.18. The van der Waals surface area contributed by atoms with Crippen molar-refractivity contribution in [3.8, 4) is 0 Å². The molecule has 1 atom stereocenters. The number of carbonyl (C=O) groups is 3. The van der Waals surface area contributed by atoms with Gasteiger partial charge in [0.2, 0.25) is 11.3 Å². The van der Waals surface area contributed by atoms with Crippen LogP contribution in [0.25, 0.3) is 0 Å². The van der Waals surface area contributed by atoms with Gasteiger partial charge in [0, 0.05) is 6.54 Å². The minimum atomic E-state index is -2.05. The fourth-order valence-electron chi connectivity index (χ4n) is 1.56. The van der Waals surface area contributed by atoms with Crippen molar-refractivity contribution in [3.63, 3.8) is 0 Å². The van der Waals surface area contributed by atoms with Crippen molar-refractivity contribution in [2.75, 3.05) is 13.2 Å². The van der Waals surface area contributed by atoms with Crippen molar-refractivity contribution in [1.29, 1.82) is 0 Å². The van der Waals surface area contributed by atoms with E-state index in [-0.39, 0.29) is 13.0 Å². The zero-order valence-electron chi connectivity index (χ0n) is 8.41. The predicted molar refractivity (Wildman–Crippen MR) is 48.9 cm³/mol. The zero-order valence-corrected chi connectivity index (χ0v) is 8.41. The summed E-state index contributed by atoms with van der Waals surface area (Å²) in [7, 11) is 0. The van der Waals surface area contributed by atoms with E-state index in [4.69, 9.17) is 5.11 Å². The van der Waals surface area contributed by atoms with E-state index in [1.54, 1.807) is 6.92 Å². The second kappa shape index (κ2) is 4.29. The monoisotopic (exact) mass is 215 g/mol. The Morgan fingerprint density at radius 2 is 2.27 bits per heavy atom. The number of piperidine rings is 1. The maximum Gasteiger partial charge on any atom is 0.333 e. The van der Waals surface area contributed by atoms with E-state index >= 15 is 0 Å². The first-order valence-corrected chi connectivity index (χ1v) is 4.74. The minimum absolute atomic E-state index is 0.00694. The van der Waals surface area contributed by atoms with Gasteiger partial charge >= 0.3 is 11.9 Å². The number of rotatable bonds is 3. The highest BCUT2D eigenvalue weighted by Gasteiger charge is 2.55. The van der Waals surface area contributed by atoms with Crippen LogP contribution in [0.15, 0.2) is 0 Å². The molecule has 0 spiro atoms. The fourth-order valence-corrected chi connectivity index (χ4v) is 1.56. The van der Waals surface area contributed by atoms with Gasteiger partial charge in [0.05, 0.1) is 6.61 Å². The lowest BCUT2D eigenvalue weighted by atomic mass is 9.80. The van der Waals surface area contributed by atoms with Gasteiger partial charge in [0.15, 0.2) is 0 Å². The van der Waals surface area contributed by atoms with E-state index in [0.29, 0.717) is 13.0 Å². The summed E-state index contributed by atoms with van der Waals surface area (Å²) in [5.74, 6) is -3.20. The Balaban J connectivity index is 3.01. The Hall–Kier alpha value is -1.59. The molecular formula is C9H13NO5. The van der Waals surface area contributed by atoms with Crippen molar-refractivity contribution in [2.45, 2.75) is 19.8 Å². The Morgan fingerprint density at radius 1 is 1.60 bits per heavy atom. The van der Waals surface area contributed by atoms with Crippen molar-refractivity contribution >= 4 is 17.8 Å². The molecule has 1 saturated heterocycles. The van der Waals surface area contributed by atoms with Crippen molar-refractivity contribution in [1.82, 2.24) is 5.32 Å². The number of carbonyl (C=O) groups excluding carboxylic acids is 2. The molecule has 0 aromatic carbocycles. The Bertz CT molecular complexity index is 301. The van der Waals surface area contributed by atoms with Crippen LogP contribution in [0.4, 0.5) is 0 Å². The van der Waals surface area contributed by atoms with E-state index in [1.165, 1.54) is 0 Å². The van der Waals surface area contributed by atoms with Gasteiger partial charge in [0.25, 0.3) is 0 Å². The largest absolute Gasteiger partial charge is 0.480 e. The summed E-state index contributed by atoms with van der Waals surface area (Å²) in [6.45, 7) is 2.02. The first kappa shape index (κ1) is 11.5. The Labute approximate surface area is 86.6 Å². The smallest absolute Gasteiger partial charge is 0.333 e. The summed E-state index contributed by atoms with van der Waals surface area (Å²) in [6.07, 6.45) is 0.448. The lowest BCUT2D eigenvalue weighted by Crippen LogP contribution is -2.56. The number of aliphatic carboxylic acids is 1. The number of ether oxygens (including phenoxy) is 1. The molecule has 1 aliphatic heterocycles. The van der Waals surface area contributed by atoms with Crippen LogP contribution in [0.1, 0.15) is 19.8 Å². The molecule has 0 saturated carbocycles. The summed E-state index contributed by atoms with van der Waals surface area (Å²) in [6, 6.07) is 0. The first-order valence-electron chi connectivity index (χ1n) is 4.74. The van der Waals surface area contributed by atoms with Crippen LogP contribution >= 0.6 is 0 Å². The van der Waals surface area contributed by atoms with Gasteiger partial charge in [-0.2, -0.15) is 0 Å². The summed E-state index contributed by atoms with van der Waals surface area (Å²) >= 11 is 0. The molecular weight excluding hydrogens is 202 g/mol. The Morgan fingerprint density at radius 3 is 2.73 bits per heavy atom. The van der Waals surface area contributed by atoms with Crippen molar-refractivity contribution in [2.24, 2.45) is 5.41 Å². The first-order chi connectivity index (χ1) is 7.05. The van der Waals surface area contributed by atoms with E-state index in [9.17, 15) is 14.4 Å². The quantitative estimate of drug-likeness (QED) is 0.490. The molecule has 6 heteroatoms. The van der Waals surface area contributed by atoms with E-state index in [2.05, 4.69) is 10.1 Å². The molecule has 6 nitrogen and oxygen atoms in total. The molecule has 2 N–H and O–H groups in total. The molecule has 1 heterocycles. The maximum atomic E-state index is 11.5. The normalized spacial score (nSPS) is 25.5. The third-order valence-corrected chi connectivity index (χ3v) is 2.39. The van der Waals surface area contributed by atoms with Gasteiger partial charge < -0.3 is 15.2 Å². The van der Waals surface area contributed by atoms with Crippen LogP contribution in [0.5, 0.6) is 0 Å². The number of hydrogen-bond acceptors (Lipinski definition) is 4. The molecule has 1 amide bonds. The van der Waals surface area contributed by atoms with Crippen LogP contribution in [-0.4, -0.2) is 36.1 Å². The zero-order chi connectivity index (χ0) is 11.5. The SMILES string of the molecule is CCOC(=O)C1(C(=O)O)CCCNC1=O. The highest BCUT2D eigenvalue weighted by Crippen LogP contribution is 2.29. The van der Waals surface area contributed by atoms with E-state index in [1.807, 2.05) is 0 Å². The second-order valence-corrected chi connectivity index (χ2v) is 3.29. The van der Waals surface area contributed by atoms with Crippen molar-refractivity contribution < 1.29 is 24.2 Å². The fraction of sp³-hybridized carbons (Fsp3) is 0.667. The summed E-state index contributed by atoms with van der Waals surface area (Å²) in [4.78, 5) is 34.0. The lowest BCUT2D eigenvalue weighted by molar-refractivity contribution is -0.174. The standard InChI is InChI=1S/C9H13NO5/c1-2-15-8(14)9(7(12)13)4-3-5-10-6(9)11/h2-5H2,1H3,(H,10,11)(H,12,13). The third-order valence-electron chi connectivity index (χ3n) is 2.39. The van der Waals surface area contributed by atoms with Crippen LogP contribution in [0.3, 0.4) is 0 Å². The number of esters is 1. The third kappa shape index (κ3) is 1.79. The van der Waals surface area contributed by atoms with Gasteiger partial charge in [0.1, 0.15) is 0 Å². The molecule has 0 aromatic rings. The van der Waals surface area contributed by atoms with Gasteiger partial charge in [-0.1, -0.05) is 0 Å². The molecule has 1 rings (SSSR count). The van der Waals surface area contributed by atoms with Crippen LogP contribution < -0.4 is 5.32 Å². The molecule has 15 heavy (non-hydrogen) atoms. The van der Waals surface area contributed by atoms with Crippen molar-refractivity contribution in [3.05, 3.63) is 0 Å². The van der Waals surface area contributed by atoms with Gasteiger partial charge in [-0.15, -0.1) is 0 Å². The predicted octanol–water partition coefficient (Wildman–Crippen LogP) is -0.470. The molecule has 1 fully saturated rings. The number of amides is 1. The second-order valence-electron chi connectivity index (χ2n) is 3.29. The highest BCUT2D eigenvalue weighted by atomic mass is 16.5. The van der Waals surface area contributed by atoms with E-state index in [0.717, 1.165) is 0 Å².